The molecular weight excluding hydrogens is 520 g/mol. The van der Waals surface area contributed by atoms with Gasteiger partial charge in [0, 0.05) is 11.8 Å². The molecule has 0 heterocycles. The summed E-state index contributed by atoms with van der Waals surface area (Å²) in [4.78, 5) is 25.3. The fourth-order valence-corrected chi connectivity index (χ4v) is 5.77. The summed E-state index contributed by atoms with van der Waals surface area (Å²) < 4.78 is 5.64. The van der Waals surface area contributed by atoms with Gasteiger partial charge in [0.15, 0.2) is 0 Å². The van der Waals surface area contributed by atoms with E-state index < -0.39 is 40.4 Å². The molecule has 2 unspecified atom stereocenters. The molecule has 0 saturated heterocycles. The predicted molar refractivity (Wildman–Crippen MR) is 164 cm³/mol. The van der Waals surface area contributed by atoms with E-state index in [0.29, 0.717) is 6.42 Å². The number of rotatable bonds is 12. The average molecular weight is 563 g/mol. The zero-order valence-electron chi connectivity index (χ0n) is 24.0. The zero-order valence-corrected chi connectivity index (χ0v) is 24.9. The number of hydrogen-bond donors (Lipinski definition) is 4. The lowest BCUT2D eigenvalue weighted by Gasteiger charge is -2.44. The molecule has 0 bridgehead atoms. The van der Waals surface area contributed by atoms with Crippen molar-refractivity contribution in [3.8, 4) is 0 Å². The standard InChI is InChI=1S/C33H42N2O4S/c1-6-23(2)28(30(36)37)34-22-27(35-31(38)39-32(3,4)5)29(40)33(24-16-10-7-11-17-24,25-18-12-8-13-19-25)26-20-14-9-15-21-26/h7-21,23,27-29,34,40H,6,22H2,1-5H3,(H,35,38)(H,36,37)/t23-,27?,28-,29?/m0/s1. The van der Waals surface area contributed by atoms with Crippen LogP contribution in [0, 0.1) is 5.92 Å². The fraction of sp³-hybridized carbons (Fsp3) is 0.394. The molecule has 0 aliphatic carbocycles. The van der Waals surface area contributed by atoms with Gasteiger partial charge < -0.3 is 20.5 Å². The molecule has 3 N–H and O–H groups in total. The van der Waals surface area contributed by atoms with Crippen LogP contribution in [-0.2, 0) is 14.9 Å². The number of carboxylic acid groups (broad SMARTS) is 1. The Labute approximate surface area is 244 Å². The molecule has 0 aliphatic heterocycles. The van der Waals surface area contributed by atoms with Crippen LogP contribution in [0.2, 0.25) is 0 Å². The van der Waals surface area contributed by atoms with Crippen LogP contribution in [0.5, 0.6) is 0 Å². The van der Waals surface area contributed by atoms with Gasteiger partial charge in [0.1, 0.15) is 11.6 Å². The number of alkyl carbamates (subject to hydrolysis) is 1. The maximum absolute atomic E-state index is 13.2. The van der Waals surface area contributed by atoms with Crippen LogP contribution in [0.1, 0.15) is 57.7 Å². The highest BCUT2D eigenvalue weighted by molar-refractivity contribution is 7.81. The van der Waals surface area contributed by atoms with Crippen LogP contribution in [-0.4, -0.2) is 46.6 Å². The van der Waals surface area contributed by atoms with Gasteiger partial charge in [0.2, 0.25) is 0 Å². The third kappa shape index (κ3) is 7.46. The van der Waals surface area contributed by atoms with Crippen LogP contribution in [0.3, 0.4) is 0 Å². The number of ether oxygens (including phenoxy) is 1. The monoisotopic (exact) mass is 562 g/mol. The van der Waals surface area contributed by atoms with Gasteiger partial charge in [-0.2, -0.15) is 12.6 Å². The number of nitrogens with one attached hydrogen (secondary N) is 2. The maximum atomic E-state index is 13.2. The molecule has 1 amide bonds. The summed E-state index contributed by atoms with van der Waals surface area (Å²) in [7, 11) is 0. The summed E-state index contributed by atoms with van der Waals surface area (Å²) in [6.45, 7) is 9.47. The van der Waals surface area contributed by atoms with Crippen LogP contribution in [0.4, 0.5) is 4.79 Å². The predicted octanol–water partition coefficient (Wildman–Crippen LogP) is 6.30. The fourth-order valence-electron chi connectivity index (χ4n) is 5.14. The Kier molecular flexibility index (Phi) is 10.8. The third-order valence-corrected chi connectivity index (χ3v) is 8.00. The Morgan fingerprint density at radius 2 is 1.27 bits per heavy atom. The number of thiol groups is 1. The normalized spacial score (nSPS) is 14.9. The van der Waals surface area contributed by atoms with Crippen LogP contribution < -0.4 is 10.6 Å². The van der Waals surface area contributed by atoms with E-state index in [1.807, 2.05) is 89.2 Å². The molecular formula is C33H42N2O4S. The van der Waals surface area contributed by atoms with Gasteiger partial charge in [-0.1, -0.05) is 111 Å². The van der Waals surface area contributed by atoms with Crippen molar-refractivity contribution in [1.29, 1.82) is 0 Å². The second kappa shape index (κ2) is 13.9. The van der Waals surface area contributed by atoms with Gasteiger partial charge in [-0.15, -0.1) is 0 Å². The van der Waals surface area contributed by atoms with Crippen molar-refractivity contribution < 1.29 is 19.4 Å². The molecule has 40 heavy (non-hydrogen) atoms. The first-order chi connectivity index (χ1) is 19.0. The maximum Gasteiger partial charge on any atom is 0.407 e. The molecule has 0 aliphatic rings. The number of benzene rings is 3. The molecule has 3 aromatic rings. The Morgan fingerprint density at radius 3 is 1.62 bits per heavy atom. The Morgan fingerprint density at radius 1 is 0.850 bits per heavy atom. The average Bonchev–Trinajstić information content (AvgIpc) is 2.93. The Balaban J connectivity index is 2.20. The second-order valence-electron chi connectivity index (χ2n) is 11.2. The van der Waals surface area contributed by atoms with E-state index in [2.05, 4.69) is 47.0 Å². The van der Waals surface area contributed by atoms with E-state index in [-0.39, 0.29) is 12.5 Å². The van der Waals surface area contributed by atoms with Crippen molar-refractivity contribution >= 4 is 24.7 Å². The van der Waals surface area contributed by atoms with Crippen molar-refractivity contribution in [3.63, 3.8) is 0 Å². The molecule has 7 heteroatoms. The van der Waals surface area contributed by atoms with Crippen molar-refractivity contribution in [2.24, 2.45) is 5.92 Å². The minimum Gasteiger partial charge on any atom is -0.480 e. The highest BCUT2D eigenvalue weighted by Gasteiger charge is 2.46. The molecule has 0 fully saturated rings. The number of amides is 1. The molecule has 0 radical (unpaired) electrons. The van der Waals surface area contributed by atoms with Crippen molar-refractivity contribution in [2.75, 3.05) is 6.54 Å². The summed E-state index contributed by atoms with van der Waals surface area (Å²) in [6.07, 6.45) is 0.109. The highest BCUT2D eigenvalue weighted by atomic mass is 32.1. The second-order valence-corrected chi connectivity index (χ2v) is 11.8. The van der Waals surface area contributed by atoms with Gasteiger partial charge in [-0.25, -0.2) is 4.79 Å². The van der Waals surface area contributed by atoms with Crippen LogP contribution in [0.25, 0.3) is 0 Å². The number of hydrogen-bond acceptors (Lipinski definition) is 5. The van der Waals surface area contributed by atoms with Crippen LogP contribution >= 0.6 is 12.6 Å². The number of carbonyl (C=O) groups is 2. The molecule has 214 valence electrons. The first kappa shape index (κ1) is 31.2. The molecule has 0 aromatic heterocycles. The highest BCUT2D eigenvalue weighted by Crippen LogP contribution is 2.45. The largest absolute Gasteiger partial charge is 0.480 e. The lowest BCUT2D eigenvalue weighted by molar-refractivity contribution is -0.140. The lowest BCUT2D eigenvalue weighted by atomic mass is 9.65. The molecule has 0 spiro atoms. The molecule has 0 saturated carbocycles. The number of aliphatic carboxylic acids is 1. The first-order valence-electron chi connectivity index (χ1n) is 13.8. The molecule has 6 nitrogen and oxygen atoms in total. The third-order valence-electron chi connectivity index (χ3n) is 7.25. The number of carboxylic acids is 1. The van der Waals surface area contributed by atoms with Gasteiger partial charge in [0.25, 0.3) is 0 Å². The van der Waals surface area contributed by atoms with E-state index in [1.54, 1.807) is 0 Å². The van der Waals surface area contributed by atoms with E-state index in [4.69, 9.17) is 17.4 Å². The SMILES string of the molecule is CC[C@H](C)[C@H](NCC(NC(=O)OC(C)(C)C)C(S)C(c1ccccc1)(c1ccccc1)c1ccccc1)C(=O)O. The zero-order chi connectivity index (χ0) is 29.3. The molecule has 3 aromatic carbocycles. The minimum atomic E-state index is -0.929. The van der Waals surface area contributed by atoms with Crippen molar-refractivity contribution in [1.82, 2.24) is 10.6 Å². The quantitative estimate of drug-likeness (QED) is 0.154. The van der Waals surface area contributed by atoms with E-state index >= 15 is 0 Å². The van der Waals surface area contributed by atoms with Crippen molar-refractivity contribution in [3.05, 3.63) is 108 Å². The lowest BCUT2D eigenvalue weighted by Crippen LogP contribution is -2.58. The van der Waals surface area contributed by atoms with E-state index in [0.717, 1.165) is 16.7 Å². The van der Waals surface area contributed by atoms with Gasteiger partial charge in [0.05, 0.1) is 11.5 Å². The summed E-state index contributed by atoms with van der Waals surface area (Å²) in [5, 5.41) is 15.7. The van der Waals surface area contributed by atoms with Gasteiger partial charge in [-0.3, -0.25) is 4.79 Å². The summed E-state index contributed by atoms with van der Waals surface area (Å²) in [5.41, 5.74) is 1.49. The molecule has 3 rings (SSSR count). The molecule has 4 atom stereocenters. The first-order valence-corrected chi connectivity index (χ1v) is 14.3. The van der Waals surface area contributed by atoms with Crippen molar-refractivity contribution in [2.45, 2.75) is 69.4 Å². The Bertz CT molecular complexity index is 1120. The minimum absolute atomic E-state index is 0.111. The Hall–Kier alpha value is -3.29. The van der Waals surface area contributed by atoms with Crippen LogP contribution in [0.15, 0.2) is 91.0 Å². The number of carbonyl (C=O) groups excluding carboxylic acids is 1. The van der Waals surface area contributed by atoms with E-state index in [1.165, 1.54) is 0 Å². The summed E-state index contributed by atoms with van der Waals surface area (Å²) in [6, 6.07) is 28.9. The van der Waals surface area contributed by atoms with Gasteiger partial charge >= 0.3 is 12.1 Å². The van der Waals surface area contributed by atoms with Gasteiger partial charge in [-0.05, 0) is 43.4 Å². The topological polar surface area (TPSA) is 87.7 Å². The smallest absolute Gasteiger partial charge is 0.407 e. The van der Waals surface area contributed by atoms with E-state index in [9.17, 15) is 14.7 Å². The summed E-state index contributed by atoms with van der Waals surface area (Å²) in [5.74, 6) is -1.04. The summed E-state index contributed by atoms with van der Waals surface area (Å²) >= 11 is 5.30.